The van der Waals surface area contributed by atoms with Crippen molar-refractivity contribution in [2.24, 2.45) is 17.2 Å². The van der Waals surface area contributed by atoms with E-state index in [1.807, 2.05) is 13.8 Å². The van der Waals surface area contributed by atoms with Gasteiger partial charge in [0.2, 0.25) is 0 Å². The quantitative estimate of drug-likeness (QED) is 0.388. The third kappa shape index (κ3) is 5.04. The molecule has 0 aliphatic rings. The summed E-state index contributed by atoms with van der Waals surface area (Å²) in [6.07, 6.45) is 0. The monoisotopic (exact) mass is 221 g/mol. The number of hydrogen-bond acceptors (Lipinski definition) is 5. The Morgan fingerprint density at radius 3 is 1.93 bits per heavy atom. The Morgan fingerprint density at radius 2 is 1.64 bits per heavy atom. The Bertz CT molecular complexity index is 150. The first-order valence-electron chi connectivity index (χ1n) is 5.00. The minimum absolute atomic E-state index is 0.265. The fourth-order valence-electron chi connectivity index (χ4n) is 1.01. The van der Waals surface area contributed by atoms with E-state index in [0.29, 0.717) is 19.3 Å². The second-order valence-corrected chi connectivity index (χ2v) is 5.38. The zero-order valence-corrected chi connectivity index (χ0v) is 10.5. The minimum atomic E-state index is -1.74. The van der Waals surface area contributed by atoms with Crippen LogP contribution in [0.15, 0.2) is 0 Å². The van der Waals surface area contributed by atoms with Gasteiger partial charge in [-0.05, 0) is 20.8 Å². The van der Waals surface area contributed by atoms with Gasteiger partial charge in [0.15, 0.2) is 0 Å². The van der Waals surface area contributed by atoms with Crippen molar-refractivity contribution < 1.29 is 8.85 Å². The first-order chi connectivity index (χ1) is 6.44. The van der Waals surface area contributed by atoms with Crippen LogP contribution in [0.3, 0.4) is 0 Å². The molecule has 0 rings (SSSR count). The summed E-state index contributed by atoms with van der Waals surface area (Å²) in [7, 11) is -1.74. The maximum Gasteiger partial charge on any atom is 0.324 e. The Morgan fingerprint density at radius 1 is 1.21 bits per heavy atom. The molecule has 0 radical (unpaired) electrons. The molecule has 0 heterocycles. The van der Waals surface area contributed by atoms with Crippen LogP contribution >= 0.6 is 0 Å². The topological polar surface area (TPSA) is 96.5 Å². The second kappa shape index (κ2) is 6.49. The Labute approximate surface area is 87.8 Å². The number of hydrogen-bond donors (Lipinski definition) is 3. The van der Waals surface area contributed by atoms with Gasteiger partial charge in [-0.3, -0.25) is 0 Å². The summed E-state index contributed by atoms with van der Waals surface area (Å²) in [5.74, 6) is 0. The maximum absolute atomic E-state index is 5.85. The van der Waals surface area contributed by atoms with Crippen LogP contribution in [0.5, 0.6) is 0 Å². The first kappa shape index (κ1) is 14.0. The summed E-state index contributed by atoms with van der Waals surface area (Å²) < 4.78 is 10.9. The van der Waals surface area contributed by atoms with E-state index in [1.54, 1.807) is 6.92 Å². The Kier molecular flexibility index (Phi) is 6.50. The molecule has 14 heavy (non-hydrogen) atoms. The molecule has 0 aromatic rings. The molecule has 0 amide bonds. The largest absolute Gasteiger partial charge is 0.397 e. The molecular weight excluding hydrogens is 198 g/mol. The zero-order chi connectivity index (χ0) is 11.2. The van der Waals surface area contributed by atoms with E-state index >= 15 is 0 Å². The van der Waals surface area contributed by atoms with Crippen LogP contribution in [-0.2, 0) is 8.85 Å². The van der Waals surface area contributed by atoms with E-state index < -0.39 is 14.9 Å². The van der Waals surface area contributed by atoms with Crippen LogP contribution < -0.4 is 17.2 Å². The fraction of sp³-hybridized carbons (Fsp3) is 1.00. The average Bonchev–Trinajstić information content (AvgIpc) is 2.04. The van der Waals surface area contributed by atoms with E-state index in [2.05, 4.69) is 0 Å². The number of nitrogens with two attached hydrogens (primary N) is 3. The Balaban J connectivity index is 4.12. The van der Waals surface area contributed by atoms with Gasteiger partial charge in [0.25, 0.3) is 0 Å². The third-order valence-electron chi connectivity index (χ3n) is 2.07. The van der Waals surface area contributed by atoms with Crippen molar-refractivity contribution in [3.8, 4) is 0 Å². The predicted octanol–water partition coefficient (Wildman–Crippen LogP) is -0.759. The summed E-state index contributed by atoms with van der Waals surface area (Å²) in [6, 6.07) is 0.269. The highest BCUT2D eigenvalue weighted by atomic mass is 28.3. The maximum atomic E-state index is 5.85. The third-order valence-corrected chi connectivity index (χ3v) is 4.52. The highest BCUT2D eigenvalue weighted by molar-refractivity contribution is 6.44. The van der Waals surface area contributed by atoms with Gasteiger partial charge in [-0.1, -0.05) is 0 Å². The van der Waals surface area contributed by atoms with Gasteiger partial charge in [0.1, 0.15) is 0 Å². The molecule has 0 saturated carbocycles. The van der Waals surface area contributed by atoms with Crippen molar-refractivity contribution in [1.82, 2.24) is 0 Å². The second-order valence-electron chi connectivity index (χ2n) is 3.45. The minimum Gasteiger partial charge on any atom is -0.397 e. The highest BCUT2D eigenvalue weighted by Crippen LogP contribution is 2.09. The van der Waals surface area contributed by atoms with E-state index in [9.17, 15) is 0 Å². The SMILES string of the molecule is CCO[SiH](CC(N)(N)C(C)N)OCC. The van der Waals surface area contributed by atoms with Gasteiger partial charge in [-0.2, -0.15) is 0 Å². The Hall–Kier alpha value is 0.0169. The van der Waals surface area contributed by atoms with Crippen LogP contribution in [0.25, 0.3) is 0 Å². The van der Waals surface area contributed by atoms with Crippen molar-refractivity contribution in [2.45, 2.75) is 38.5 Å². The normalized spacial score (nSPS) is 14.8. The molecule has 6 heteroatoms. The van der Waals surface area contributed by atoms with Crippen molar-refractivity contribution in [2.75, 3.05) is 13.2 Å². The van der Waals surface area contributed by atoms with Crippen LogP contribution in [-0.4, -0.2) is 34.2 Å². The first-order valence-corrected chi connectivity index (χ1v) is 6.76. The molecular formula is C8H23N3O2Si. The lowest BCUT2D eigenvalue weighted by Crippen LogP contribution is -2.63. The lowest BCUT2D eigenvalue weighted by atomic mass is 10.1. The molecule has 5 nitrogen and oxygen atoms in total. The predicted molar refractivity (Wildman–Crippen MR) is 60.0 cm³/mol. The molecule has 0 spiro atoms. The lowest BCUT2D eigenvalue weighted by Gasteiger charge is -2.31. The van der Waals surface area contributed by atoms with Crippen molar-refractivity contribution >= 4 is 9.28 Å². The molecule has 0 bridgehead atoms. The summed E-state index contributed by atoms with van der Waals surface area (Å²) in [5.41, 5.74) is 16.5. The van der Waals surface area contributed by atoms with Gasteiger partial charge in [0.05, 0.1) is 5.66 Å². The van der Waals surface area contributed by atoms with Crippen LogP contribution in [0.1, 0.15) is 20.8 Å². The van der Waals surface area contributed by atoms with Crippen molar-refractivity contribution in [3.63, 3.8) is 0 Å². The standard InChI is InChI=1S/C8H23N3O2Si/c1-4-12-14(13-5-2)6-8(10,11)7(3)9/h7,14H,4-6,9-11H2,1-3H3. The molecule has 1 atom stereocenters. The van der Waals surface area contributed by atoms with E-state index in [4.69, 9.17) is 26.1 Å². The summed E-state index contributed by atoms with van der Waals surface area (Å²) in [5, 5.41) is 0. The van der Waals surface area contributed by atoms with Crippen molar-refractivity contribution in [3.05, 3.63) is 0 Å². The van der Waals surface area contributed by atoms with E-state index in [-0.39, 0.29) is 6.04 Å². The molecule has 6 N–H and O–H groups in total. The highest BCUT2D eigenvalue weighted by Gasteiger charge is 2.30. The molecule has 0 aromatic heterocycles. The summed E-state index contributed by atoms with van der Waals surface area (Å²) in [4.78, 5) is 0. The van der Waals surface area contributed by atoms with Gasteiger partial charge in [-0.25, -0.2) is 0 Å². The fourth-order valence-corrected chi connectivity index (χ4v) is 3.04. The lowest BCUT2D eigenvalue weighted by molar-refractivity contribution is 0.202. The van der Waals surface area contributed by atoms with Crippen molar-refractivity contribution in [1.29, 1.82) is 0 Å². The molecule has 0 saturated heterocycles. The van der Waals surface area contributed by atoms with Gasteiger partial charge in [-0.15, -0.1) is 0 Å². The summed E-state index contributed by atoms with van der Waals surface area (Å²) in [6.45, 7) is 6.92. The van der Waals surface area contributed by atoms with Crippen LogP contribution in [0, 0.1) is 0 Å². The molecule has 86 valence electrons. The molecule has 0 aliphatic heterocycles. The van der Waals surface area contributed by atoms with E-state index in [1.165, 1.54) is 0 Å². The van der Waals surface area contributed by atoms with Gasteiger partial charge >= 0.3 is 9.28 Å². The smallest absolute Gasteiger partial charge is 0.324 e. The molecule has 0 fully saturated rings. The zero-order valence-electron chi connectivity index (χ0n) is 9.32. The van der Waals surface area contributed by atoms with Crippen LogP contribution in [0.4, 0.5) is 0 Å². The molecule has 1 unspecified atom stereocenters. The van der Waals surface area contributed by atoms with E-state index in [0.717, 1.165) is 0 Å². The molecule has 0 aromatic carbocycles. The van der Waals surface area contributed by atoms with Gasteiger partial charge < -0.3 is 26.1 Å². The average molecular weight is 221 g/mol. The van der Waals surface area contributed by atoms with Gasteiger partial charge in [0, 0.05) is 25.3 Å². The number of rotatable bonds is 7. The molecule has 0 aliphatic carbocycles. The summed E-state index contributed by atoms with van der Waals surface area (Å²) >= 11 is 0. The van der Waals surface area contributed by atoms with Crippen LogP contribution in [0.2, 0.25) is 6.04 Å².